The number of hydrogen-bond donors (Lipinski definition) is 2. The van der Waals surface area contributed by atoms with E-state index in [9.17, 15) is 4.79 Å². The monoisotopic (exact) mass is 403 g/mol. The largest absolute Gasteiger partial charge is 0.490 e. The average molecular weight is 404 g/mol. The van der Waals surface area contributed by atoms with Crippen molar-refractivity contribution < 1.29 is 14.6 Å². The van der Waals surface area contributed by atoms with Crippen LogP contribution in [-0.4, -0.2) is 23.7 Å². The lowest BCUT2D eigenvalue weighted by molar-refractivity contribution is -0.138. The number of halogens is 2. The minimum atomic E-state index is -1.07. The van der Waals surface area contributed by atoms with E-state index in [2.05, 4.69) is 24.3 Å². The molecule has 0 aliphatic carbocycles. The van der Waals surface area contributed by atoms with Gasteiger partial charge in [-0.15, -0.1) is 0 Å². The molecule has 0 heterocycles. The van der Waals surface area contributed by atoms with E-state index >= 15 is 0 Å². The molecule has 1 unspecified atom stereocenters. The van der Waals surface area contributed by atoms with Crippen molar-refractivity contribution in [3.63, 3.8) is 0 Å². The Morgan fingerprint density at radius 3 is 2.44 bits per heavy atom. The smallest absolute Gasteiger partial charge is 0.320 e. The zero-order valence-electron chi connectivity index (χ0n) is 14.5. The standard InChI is InChI=1S/C21H19Cl2NO3/c22-17-10-13(12-19(24)21(25)26)11-18(23)20(17)27-9-8-15-6-3-5-14-4-1-2-7-16(14)15/h1-7,10-11,19H,8-9,12,24H2,(H,25,26). The van der Waals surface area contributed by atoms with Crippen LogP contribution in [0.3, 0.4) is 0 Å². The van der Waals surface area contributed by atoms with Crippen LogP contribution in [0.15, 0.2) is 54.6 Å². The molecule has 27 heavy (non-hydrogen) atoms. The molecule has 0 fully saturated rings. The lowest BCUT2D eigenvalue weighted by Crippen LogP contribution is -2.32. The number of aliphatic carboxylic acids is 1. The van der Waals surface area contributed by atoms with Crippen LogP contribution in [0.5, 0.6) is 5.75 Å². The summed E-state index contributed by atoms with van der Waals surface area (Å²) in [6.45, 7) is 0.418. The summed E-state index contributed by atoms with van der Waals surface area (Å²) in [6.07, 6.45) is 0.852. The molecule has 3 aromatic rings. The second-order valence-corrected chi connectivity index (χ2v) is 7.09. The maximum Gasteiger partial charge on any atom is 0.320 e. The molecule has 0 aliphatic rings. The van der Waals surface area contributed by atoms with Gasteiger partial charge in [0.25, 0.3) is 0 Å². The predicted molar refractivity (Wildman–Crippen MR) is 109 cm³/mol. The maximum atomic E-state index is 10.9. The van der Waals surface area contributed by atoms with Gasteiger partial charge in [-0.3, -0.25) is 4.79 Å². The molecule has 3 aromatic carbocycles. The molecular weight excluding hydrogens is 385 g/mol. The number of fused-ring (bicyclic) bond motifs is 1. The highest BCUT2D eigenvalue weighted by Gasteiger charge is 2.16. The Hall–Kier alpha value is -2.27. The van der Waals surface area contributed by atoms with E-state index in [0.29, 0.717) is 34.4 Å². The first-order valence-electron chi connectivity index (χ1n) is 8.51. The van der Waals surface area contributed by atoms with E-state index in [0.717, 1.165) is 0 Å². The quantitative estimate of drug-likeness (QED) is 0.598. The first-order chi connectivity index (χ1) is 13.0. The van der Waals surface area contributed by atoms with Gasteiger partial charge in [-0.05, 0) is 40.5 Å². The molecular formula is C21H19Cl2NO3. The number of nitrogens with two attached hydrogens (primary N) is 1. The second kappa shape index (κ2) is 8.61. The third-order valence-electron chi connectivity index (χ3n) is 4.33. The third kappa shape index (κ3) is 4.72. The lowest BCUT2D eigenvalue weighted by Gasteiger charge is -2.13. The fraction of sp³-hybridized carbons (Fsp3) is 0.190. The van der Waals surface area contributed by atoms with Gasteiger partial charge in [-0.2, -0.15) is 0 Å². The van der Waals surface area contributed by atoms with Crippen molar-refractivity contribution in [2.75, 3.05) is 6.61 Å². The Labute approximate surface area is 167 Å². The molecule has 0 aliphatic heterocycles. The van der Waals surface area contributed by atoms with Crippen molar-refractivity contribution in [3.05, 3.63) is 75.8 Å². The first kappa shape index (κ1) is 19.5. The Morgan fingerprint density at radius 1 is 1.07 bits per heavy atom. The van der Waals surface area contributed by atoms with Crippen LogP contribution in [0.25, 0.3) is 10.8 Å². The molecule has 0 saturated heterocycles. The summed E-state index contributed by atoms with van der Waals surface area (Å²) in [5.74, 6) is -0.677. The van der Waals surface area contributed by atoms with Crippen LogP contribution in [0.4, 0.5) is 0 Å². The summed E-state index contributed by atoms with van der Waals surface area (Å²) in [5, 5.41) is 12.0. The normalized spacial score (nSPS) is 12.1. The molecule has 0 spiro atoms. The van der Waals surface area contributed by atoms with Crippen molar-refractivity contribution in [1.82, 2.24) is 0 Å². The van der Waals surface area contributed by atoms with Crippen molar-refractivity contribution in [1.29, 1.82) is 0 Å². The summed E-state index contributed by atoms with van der Waals surface area (Å²) in [6, 6.07) is 16.7. The fourth-order valence-corrected chi connectivity index (χ4v) is 3.62. The number of carboxylic acids is 1. The molecule has 0 amide bonds. The summed E-state index contributed by atoms with van der Waals surface area (Å²) in [5.41, 5.74) is 7.40. The van der Waals surface area contributed by atoms with Crippen LogP contribution in [-0.2, 0) is 17.6 Å². The van der Waals surface area contributed by atoms with Gasteiger partial charge in [-0.1, -0.05) is 65.7 Å². The molecule has 0 bridgehead atoms. The van der Waals surface area contributed by atoms with Crippen molar-refractivity contribution in [2.45, 2.75) is 18.9 Å². The minimum absolute atomic E-state index is 0.144. The highest BCUT2D eigenvalue weighted by atomic mass is 35.5. The van der Waals surface area contributed by atoms with Gasteiger partial charge in [0.2, 0.25) is 0 Å². The van der Waals surface area contributed by atoms with E-state index < -0.39 is 12.0 Å². The van der Waals surface area contributed by atoms with E-state index in [4.69, 9.17) is 38.8 Å². The number of benzene rings is 3. The van der Waals surface area contributed by atoms with Crippen molar-refractivity contribution in [3.8, 4) is 5.75 Å². The van der Waals surface area contributed by atoms with Gasteiger partial charge < -0.3 is 15.6 Å². The maximum absolute atomic E-state index is 10.9. The van der Waals surface area contributed by atoms with Crippen LogP contribution in [0.2, 0.25) is 10.0 Å². The first-order valence-corrected chi connectivity index (χ1v) is 9.27. The average Bonchev–Trinajstić information content (AvgIpc) is 2.64. The molecule has 1 atom stereocenters. The summed E-state index contributed by atoms with van der Waals surface area (Å²) >= 11 is 12.6. The second-order valence-electron chi connectivity index (χ2n) is 6.27. The van der Waals surface area contributed by atoms with Crippen LogP contribution in [0, 0.1) is 0 Å². The Kier molecular flexibility index (Phi) is 6.22. The lowest BCUT2D eigenvalue weighted by atomic mass is 10.0. The SMILES string of the molecule is NC(Cc1cc(Cl)c(OCCc2cccc3ccccc23)c(Cl)c1)C(=O)O. The summed E-state index contributed by atoms with van der Waals surface area (Å²) < 4.78 is 5.82. The summed E-state index contributed by atoms with van der Waals surface area (Å²) in [7, 11) is 0. The third-order valence-corrected chi connectivity index (χ3v) is 4.89. The molecule has 3 N–H and O–H groups in total. The van der Waals surface area contributed by atoms with Crippen molar-refractivity contribution >= 4 is 39.9 Å². The molecule has 3 rings (SSSR count). The number of carboxylic acid groups (broad SMARTS) is 1. The van der Waals surface area contributed by atoms with E-state index in [1.807, 2.05) is 18.2 Å². The molecule has 0 aromatic heterocycles. The van der Waals surface area contributed by atoms with Crippen LogP contribution < -0.4 is 10.5 Å². The fourth-order valence-electron chi connectivity index (χ4n) is 2.98. The van der Waals surface area contributed by atoms with Crippen LogP contribution >= 0.6 is 23.2 Å². The number of hydrogen-bond acceptors (Lipinski definition) is 3. The van der Waals surface area contributed by atoms with Gasteiger partial charge >= 0.3 is 5.97 Å². The molecule has 0 saturated carbocycles. The Morgan fingerprint density at radius 2 is 1.74 bits per heavy atom. The number of carbonyl (C=O) groups is 1. The topological polar surface area (TPSA) is 72.5 Å². The highest BCUT2D eigenvalue weighted by molar-refractivity contribution is 6.37. The Bertz CT molecular complexity index is 946. The van der Waals surface area contributed by atoms with Gasteiger partial charge in [-0.25, -0.2) is 0 Å². The van der Waals surface area contributed by atoms with Crippen LogP contribution in [0.1, 0.15) is 11.1 Å². The molecule has 4 nitrogen and oxygen atoms in total. The van der Waals surface area contributed by atoms with Gasteiger partial charge in [0.15, 0.2) is 5.75 Å². The number of rotatable bonds is 7. The highest BCUT2D eigenvalue weighted by Crippen LogP contribution is 2.34. The van der Waals surface area contributed by atoms with Gasteiger partial charge in [0.05, 0.1) is 16.7 Å². The van der Waals surface area contributed by atoms with Gasteiger partial charge in [0.1, 0.15) is 6.04 Å². The zero-order chi connectivity index (χ0) is 19.4. The molecule has 140 valence electrons. The molecule has 6 heteroatoms. The van der Waals surface area contributed by atoms with Gasteiger partial charge in [0, 0.05) is 6.42 Å². The zero-order valence-corrected chi connectivity index (χ0v) is 16.0. The number of ether oxygens (including phenoxy) is 1. The molecule has 0 radical (unpaired) electrons. The van der Waals surface area contributed by atoms with E-state index in [-0.39, 0.29) is 6.42 Å². The van der Waals surface area contributed by atoms with Crippen molar-refractivity contribution in [2.24, 2.45) is 5.73 Å². The van der Waals surface area contributed by atoms with E-state index in [1.165, 1.54) is 16.3 Å². The predicted octanol–water partition coefficient (Wildman–Crippen LogP) is 4.72. The van der Waals surface area contributed by atoms with E-state index in [1.54, 1.807) is 12.1 Å². The summed E-state index contributed by atoms with van der Waals surface area (Å²) in [4.78, 5) is 10.9. The Balaban J connectivity index is 1.70. The minimum Gasteiger partial charge on any atom is -0.490 e.